The van der Waals surface area contributed by atoms with E-state index in [0.29, 0.717) is 5.91 Å². The van der Waals surface area contributed by atoms with E-state index in [1.54, 1.807) is 0 Å². The van der Waals surface area contributed by atoms with E-state index in [-0.39, 0.29) is 5.41 Å². The second kappa shape index (κ2) is 5.57. The molecule has 5 fully saturated rings. The summed E-state index contributed by atoms with van der Waals surface area (Å²) >= 11 is 0. The van der Waals surface area contributed by atoms with Crippen molar-refractivity contribution in [2.45, 2.75) is 57.8 Å². The largest absolute Gasteiger partial charge is 0.381 e. The zero-order valence-electron chi connectivity index (χ0n) is 13.1. The van der Waals surface area contributed by atoms with Crippen molar-refractivity contribution in [1.82, 2.24) is 5.32 Å². The van der Waals surface area contributed by atoms with Gasteiger partial charge < -0.3 is 10.1 Å². The van der Waals surface area contributed by atoms with E-state index >= 15 is 0 Å². The van der Waals surface area contributed by atoms with Gasteiger partial charge in [-0.3, -0.25) is 4.79 Å². The molecule has 4 aliphatic carbocycles. The second-order valence-electron chi connectivity index (χ2n) is 8.30. The number of rotatable bonds is 4. The minimum atomic E-state index is 0.0322. The first-order valence-corrected chi connectivity index (χ1v) is 9.09. The third-order valence-corrected chi connectivity index (χ3v) is 6.70. The van der Waals surface area contributed by atoms with E-state index in [0.717, 1.165) is 49.9 Å². The summed E-state index contributed by atoms with van der Waals surface area (Å²) in [6.45, 7) is 2.70. The number of hydrogen-bond donors (Lipinski definition) is 1. The van der Waals surface area contributed by atoms with Gasteiger partial charge in [-0.25, -0.2) is 0 Å². The lowest BCUT2D eigenvalue weighted by molar-refractivity contribution is -0.146. The summed E-state index contributed by atoms with van der Waals surface area (Å²) < 4.78 is 5.40. The zero-order valence-corrected chi connectivity index (χ0v) is 13.1. The number of carbonyl (C=O) groups excluding carboxylic acids is 1. The Morgan fingerprint density at radius 2 is 1.57 bits per heavy atom. The van der Waals surface area contributed by atoms with Crippen molar-refractivity contribution in [1.29, 1.82) is 0 Å². The van der Waals surface area contributed by atoms with Crippen LogP contribution in [-0.2, 0) is 9.53 Å². The van der Waals surface area contributed by atoms with Crippen LogP contribution in [0.15, 0.2) is 0 Å². The van der Waals surface area contributed by atoms with Crippen molar-refractivity contribution in [3.63, 3.8) is 0 Å². The summed E-state index contributed by atoms with van der Waals surface area (Å²) in [6.07, 6.45) is 11.3. The first kappa shape index (κ1) is 14.0. The van der Waals surface area contributed by atoms with Crippen LogP contribution in [0.2, 0.25) is 0 Å². The third kappa shape index (κ3) is 2.74. The van der Waals surface area contributed by atoms with Crippen LogP contribution in [0.1, 0.15) is 57.8 Å². The molecule has 1 amide bonds. The molecule has 3 nitrogen and oxygen atoms in total. The highest BCUT2D eigenvalue weighted by Gasteiger charge is 2.54. The van der Waals surface area contributed by atoms with Crippen molar-refractivity contribution in [2.24, 2.45) is 29.1 Å². The van der Waals surface area contributed by atoms with Crippen molar-refractivity contribution in [3.05, 3.63) is 0 Å². The predicted molar refractivity (Wildman–Crippen MR) is 81.8 cm³/mol. The van der Waals surface area contributed by atoms with E-state index < -0.39 is 0 Å². The molecule has 21 heavy (non-hydrogen) atoms. The average molecular weight is 291 g/mol. The summed E-state index contributed by atoms with van der Waals surface area (Å²) in [7, 11) is 0. The summed E-state index contributed by atoms with van der Waals surface area (Å²) in [5.74, 6) is 3.73. The van der Waals surface area contributed by atoms with Crippen LogP contribution in [0.25, 0.3) is 0 Å². The smallest absolute Gasteiger partial charge is 0.226 e. The van der Waals surface area contributed by atoms with Gasteiger partial charge in [-0.2, -0.15) is 0 Å². The molecule has 3 heteroatoms. The molecule has 4 saturated carbocycles. The predicted octanol–water partition coefficient (Wildman–Crippen LogP) is 3.14. The Hall–Kier alpha value is -0.570. The minimum Gasteiger partial charge on any atom is -0.381 e. The van der Waals surface area contributed by atoms with Crippen molar-refractivity contribution < 1.29 is 9.53 Å². The number of nitrogens with one attached hydrogen (secondary N) is 1. The van der Waals surface area contributed by atoms with E-state index in [4.69, 9.17) is 4.74 Å². The molecule has 1 aliphatic heterocycles. The standard InChI is InChI=1S/C18H29NO2/c20-17(19-4-1-13-2-5-21-6-3-13)18-10-14-7-15(11-18)9-16(8-14)12-18/h13-16H,1-12H2,(H,19,20). The summed E-state index contributed by atoms with van der Waals surface area (Å²) in [5.41, 5.74) is 0.0322. The minimum absolute atomic E-state index is 0.0322. The molecular formula is C18H29NO2. The van der Waals surface area contributed by atoms with Gasteiger partial charge >= 0.3 is 0 Å². The number of amides is 1. The molecule has 1 saturated heterocycles. The molecule has 4 bridgehead atoms. The quantitative estimate of drug-likeness (QED) is 0.864. The maximum Gasteiger partial charge on any atom is 0.226 e. The molecule has 5 rings (SSSR count). The van der Waals surface area contributed by atoms with Crippen molar-refractivity contribution in [2.75, 3.05) is 19.8 Å². The van der Waals surface area contributed by atoms with Crippen molar-refractivity contribution in [3.8, 4) is 0 Å². The van der Waals surface area contributed by atoms with Gasteiger partial charge in [0, 0.05) is 25.2 Å². The Bertz CT molecular complexity index is 365. The van der Waals surface area contributed by atoms with Crippen LogP contribution < -0.4 is 5.32 Å². The normalized spacial score (nSPS) is 42.2. The van der Waals surface area contributed by atoms with Gasteiger partial charge in [-0.1, -0.05) is 0 Å². The molecule has 1 heterocycles. The van der Waals surface area contributed by atoms with Gasteiger partial charge in [0.2, 0.25) is 5.91 Å². The Balaban J connectivity index is 1.30. The van der Waals surface area contributed by atoms with Crippen molar-refractivity contribution >= 4 is 5.91 Å². The van der Waals surface area contributed by atoms with Gasteiger partial charge in [0.25, 0.3) is 0 Å². The Morgan fingerprint density at radius 3 is 2.14 bits per heavy atom. The molecule has 0 atom stereocenters. The molecule has 0 spiro atoms. The lowest BCUT2D eigenvalue weighted by atomic mass is 9.49. The van der Waals surface area contributed by atoms with E-state index in [2.05, 4.69) is 5.32 Å². The van der Waals surface area contributed by atoms with Gasteiger partial charge in [0.1, 0.15) is 0 Å². The van der Waals surface area contributed by atoms with E-state index in [1.807, 2.05) is 0 Å². The SMILES string of the molecule is O=C(NCCC1CCOCC1)C12CC3CC(CC(C3)C1)C2. The molecule has 118 valence electrons. The Morgan fingerprint density at radius 1 is 1.00 bits per heavy atom. The molecule has 0 aromatic rings. The van der Waals surface area contributed by atoms with Gasteiger partial charge in [0.05, 0.1) is 0 Å². The van der Waals surface area contributed by atoms with Crippen LogP contribution in [-0.4, -0.2) is 25.7 Å². The highest BCUT2D eigenvalue weighted by Crippen LogP contribution is 2.60. The van der Waals surface area contributed by atoms with Crippen LogP contribution in [0.3, 0.4) is 0 Å². The Labute approximate surface area is 128 Å². The molecular weight excluding hydrogens is 262 g/mol. The molecule has 5 aliphatic rings. The fraction of sp³-hybridized carbons (Fsp3) is 0.944. The summed E-state index contributed by atoms with van der Waals surface area (Å²) in [6, 6.07) is 0. The number of carbonyl (C=O) groups is 1. The highest BCUT2D eigenvalue weighted by molar-refractivity contribution is 5.83. The topological polar surface area (TPSA) is 38.3 Å². The first-order chi connectivity index (χ1) is 10.2. The number of ether oxygens (including phenoxy) is 1. The van der Waals surface area contributed by atoms with E-state index in [9.17, 15) is 4.79 Å². The third-order valence-electron chi connectivity index (χ3n) is 6.70. The maximum atomic E-state index is 12.8. The van der Waals surface area contributed by atoms with Crippen LogP contribution in [0.4, 0.5) is 0 Å². The fourth-order valence-electron chi connectivity index (χ4n) is 6.00. The second-order valence-corrected chi connectivity index (χ2v) is 8.30. The highest BCUT2D eigenvalue weighted by atomic mass is 16.5. The van der Waals surface area contributed by atoms with Crippen LogP contribution >= 0.6 is 0 Å². The Kier molecular flexibility index (Phi) is 3.72. The number of hydrogen-bond acceptors (Lipinski definition) is 2. The first-order valence-electron chi connectivity index (χ1n) is 9.09. The maximum absolute atomic E-state index is 12.8. The fourth-order valence-corrected chi connectivity index (χ4v) is 6.00. The zero-order chi connectivity index (χ0) is 14.3. The van der Waals surface area contributed by atoms with Crippen LogP contribution in [0, 0.1) is 29.1 Å². The monoisotopic (exact) mass is 291 g/mol. The average Bonchev–Trinajstić information content (AvgIpc) is 2.47. The summed E-state index contributed by atoms with van der Waals surface area (Å²) in [5, 5.41) is 3.31. The molecule has 0 unspecified atom stereocenters. The lowest BCUT2D eigenvalue weighted by Crippen LogP contribution is -2.53. The molecule has 0 radical (unpaired) electrons. The van der Waals surface area contributed by atoms with E-state index in [1.165, 1.54) is 51.4 Å². The van der Waals surface area contributed by atoms with Gasteiger partial charge in [-0.05, 0) is 81.5 Å². The summed E-state index contributed by atoms with van der Waals surface area (Å²) in [4.78, 5) is 12.8. The van der Waals surface area contributed by atoms with Gasteiger partial charge in [-0.15, -0.1) is 0 Å². The van der Waals surface area contributed by atoms with Crippen LogP contribution in [0.5, 0.6) is 0 Å². The molecule has 0 aromatic heterocycles. The van der Waals surface area contributed by atoms with Gasteiger partial charge in [0.15, 0.2) is 0 Å². The molecule has 1 N–H and O–H groups in total. The lowest BCUT2D eigenvalue weighted by Gasteiger charge is -2.55. The molecule has 0 aromatic carbocycles.